The Labute approximate surface area is 139 Å². The Bertz CT molecular complexity index is 776. The van der Waals surface area contributed by atoms with Crippen molar-refractivity contribution in [3.05, 3.63) is 18.2 Å². The van der Waals surface area contributed by atoms with Gasteiger partial charge >= 0.3 is 0 Å². The van der Waals surface area contributed by atoms with Crippen LogP contribution < -0.4 is 14.4 Å². The van der Waals surface area contributed by atoms with Crippen LogP contribution in [-0.4, -0.2) is 49.2 Å². The lowest BCUT2D eigenvalue weighted by Gasteiger charge is -2.27. The number of hydrogen-bond acceptors (Lipinski definition) is 7. The summed E-state index contributed by atoms with van der Waals surface area (Å²) in [5.74, 6) is 1.71. The zero-order chi connectivity index (χ0) is 16.2. The minimum Gasteiger partial charge on any atom is -0.454 e. The molecule has 1 aromatic rings. The normalized spacial score (nSPS) is 27.4. The fraction of sp³-hybridized carbons (Fsp3) is 0.533. The van der Waals surface area contributed by atoms with E-state index >= 15 is 0 Å². The van der Waals surface area contributed by atoms with Crippen LogP contribution in [0.2, 0.25) is 0 Å². The number of nitrogens with zero attached hydrogens (tertiary/aromatic N) is 2. The summed E-state index contributed by atoms with van der Waals surface area (Å²) in [5, 5.41) is 1.27. The van der Waals surface area contributed by atoms with Crippen LogP contribution in [0, 0.1) is 0 Å². The van der Waals surface area contributed by atoms with Gasteiger partial charge in [-0.05, 0) is 12.1 Å². The van der Waals surface area contributed by atoms with E-state index in [2.05, 4.69) is 18.7 Å². The molecule has 0 radical (unpaired) electrons. The summed E-state index contributed by atoms with van der Waals surface area (Å²) >= 11 is 1.66. The van der Waals surface area contributed by atoms with Gasteiger partial charge in [0.15, 0.2) is 26.5 Å². The number of rotatable bonds is 2. The second kappa shape index (κ2) is 5.31. The van der Waals surface area contributed by atoms with Crippen LogP contribution in [-0.2, 0) is 9.84 Å². The van der Waals surface area contributed by atoms with E-state index in [1.165, 1.54) is 0 Å². The molecule has 0 spiro atoms. The molecule has 1 fully saturated rings. The molecule has 23 heavy (non-hydrogen) atoms. The van der Waals surface area contributed by atoms with E-state index in [1.807, 2.05) is 18.2 Å². The van der Waals surface area contributed by atoms with Crippen LogP contribution in [0.15, 0.2) is 23.2 Å². The highest BCUT2D eigenvalue weighted by molar-refractivity contribution is 8.14. The van der Waals surface area contributed by atoms with E-state index in [1.54, 1.807) is 11.8 Å². The van der Waals surface area contributed by atoms with Gasteiger partial charge in [0.2, 0.25) is 6.79 Å². The Morgan fingerprint density at radius 3 is 2.83 bits per heavy atom. The van der Waals surface area contributed by atoms with Crippen molar-refractivity contribution < 1.29 is 17.9 Å². The minimum atomic E-state index is -3.02. The van der Waals surface area contributed by atoms with Gasteiger partial charge in [-0.15, -0.1) is 0 Å². The zero-order valence-corrected chi connectivity index (χ0v) is 14.6. The maximum absolute atomic E-state index is 12.0. The Hall–Kier alpha value is -1.41. The van der Waals surface area contributed by atoms with Crippen molar-refractivity contribution in [2.45, 2.75) is 31.2 Å². The summed E-state index contributed by atoms with van der Waals surface area (Å²) in [6, 6.07) is 5.42. The van der Waals surface area contributed by atoms with Crippen LogP contribution in [0.3, 0.4) is 0 Å². The lowest BCUT2D eigenvalue weighted by molar-refractivity contribution is 0.174. The van der Waals surface area contributed by atoms with Gasteiger partial charge in [0, 0.05) is 17.0 Å². The molecule has 0 aliphatic carbocycles. The first-order valence-corrected chi connectivity index (χ1v) is 10.3. The molecule has 0 saturated carbocycles. The highest BCUT2D eigenvalue weighted by atomic mass is 32.2. The van der Waals surface area contributed by atoms with Gasteiger partial charge in [-0.2, -0.15) is 0 Å². The third-order valence-electron chi connectivity index (χ3n) is 4.08. The van der Waals surface area contributed by atoms with Crippen molar-refractivity contribution in [3.63, 3.8) is 0 Å². The Balaban J connectivity index is 1.72. The maximum atomic E-state index is 12.0. The number of benzene rings is 1. The molecule has 2 atom stereocenters. The van der Waals surface area contributed by atoms with Gasteiger partial charge in [0.25, 0.3) is 0 Å². The van der Waals surface area contributed by atoms with Gasteiger partial charge in [0.05, 0.1) is 23.6 Å². The predicted octanol–water partition coefficient (Wildman–Crippen LogP) is 1.90. The third kappa shape index (κ3) is 2.67. The van der Waals surface area contributed by atoms with Gasteiger partial charge in [0.1, 0.15) is 0 Å². The van der Waals surface area contributed by atoms with Crippen molar-refractivity contribution in [2.24, 2.45) is 4.99 Å². The van der Waals surface area contributed by atoms with Crippen LogP contribution in [0.1, 0.15) is 13.8 Å². The Morgan fingerprint density at radius 2 is 2.04 bits per heavy atom. The second-order valence-electron chi connectivity index (χ2n) is 6.20. The summed E-state index contributed by atoms with van der Waals surface area (Å²) in [6.45, 7) is 4.44. The Kier molecular flexibility index (Phi) is 3.49. The van der Waals surface area contributed by atoms with E-state index < -0.39 is 9.84 Å². The highest BCUT2D eigenvalue weighted by Crippen LogP contribution is 2.40. The summed E-state index contributed by atoms with van der Waals surface area (Å²) < 4.78 is 34.8. The molecule has 0 unspecified atom stereocenters. The molecule has 124 valence electrons. The molecule has 3 aliphatic heterocycles. The lowest BCUT2D eigenvalue weighted by Crippen LogP contribution is -2.39. The molecule has 6 nitrogen and oxygen atoms in total. The quantitative estimate of drug-likeness (QED) is 0.808. The molecular formula is C15H18N2O4S2. The molecule has 0 bridgehead atoms. The monoisotopic (exact) mass is 354 g/mol. The number of sulfone groups is 1. The molecular weight excluding hydrogens is 336 g/mol. The fourth-order valence-electron chi connectivity index (χ4n) is 3.16. The molecule has 4 rings (SSSR count). The molecule has 0 aromatic heterocycles. The fourth-order valence-corrected chi connectivity index (χ4v) is 5.98. The van der Waals surface area contributed by atoms with Crippen LogP contribution >= 0.6 is 11.8 Å². The van der Waals surface area contributed by atoms with E-state index in [9.17, 15) is 8.42 Å². The lowest BCUT2D eigenvalue weighted by atomic mass is 10.1. The van der Waals surface area contributed by atoms with Gasteiger partial charge in [-0.1, -0.05) is 25.6 Å². The Morgan fingerprint density at radius 1 is 1.26 bits per heavy atom. The predicted molar refractivity (Wildman–Crippen MR) is 91.4 cm³/mol. The number of amidine groups is 1. The average molecular weight is 354 g/mol. The number of anilines is 1. The first kappa shape index (κ1) is 15.1. The van der Waals surface area contributed by atoms with Crippen molar-refractivity contribution >= 4 is 32.5 Å². The first-order chi connectivity index (χ1) is 10.9. The topological polar surface area (TPSA) is 68.2 Å². The second-order valence-corrected chi connectivity index (χ2v) is 9.89. The molecule has 3 aliphatic rings. The number of fused-ring (bicyclic) bond motifs is 2. The number of aliphatic imine (C=N–C) groups is 1. The first-order valence-electron chi connectivity index (χ1n) is 7.57. The number of hydrogen-bond donors (Lipinski definition) is 0. The van der Waals surface area contributed by atoms with Gasteiger partial charge in [-0.25, -0.2) is 8.42 Å². The molecule has 8 heteroatoms. The van der Waals surface area contributed by atoms with Crippen LogP contribution in [0.25, 0.3) is 0 Å². The minimum absolute atomic E-state index is 0.123. The van der Waals surface area contributed by atoms with Crippen molar-refractivity contribution in [2.75, 3.05) is 23.2 Å². The smallest absolute Gasteiger partial charge is 0.231 e. The van der Waals surface area contributed by atoms with E-state index in [0.29, 0.717) is 11.0 Å². The van der Waals surface area contributed by atoms with E-state index in [4.69, 9.17) is 14.5 Å². The molecule has 3 heterocycles. The maximum Gasteiger partial charge on any atom is 0.231 e. The molecule has 0 N–H and O–H groups in total. The van der Waals surface area contributed by atoms with Gasteiger partial charge < -0.3 is 14.4 Å². The van der Waals surface area contributed by atoms with E-state index in [-0.39, 0.29) is 30.4 Å². The van der Waals surface area contributed by atoms with Crippen molar-refractivity contribution in [3.8, 4) is 11.5 Å². The van der Waals surface area contributed by atoms with Gasteiger partial charge in [-0.3, -0.25) is 4.99 Å². The van der Waals surface area contributed by atoms with Crippen LogP contribution in [0.5, 0.6) is 11.5 Å². The summed E-state index contributed by atoms with van der Waals surface area (Å²) in [5.41, 5.74) is 0.908. The van der Waals surface area contributed by atoms with Crippen molar-refractivity contribution in [1.29, 1.82) is 0 Å². The highest BCUT2D eigenvalue weighted by Gasteiger charge is 2.47. The number of ether oxygens (including phenoxy) is 2. The van der Waals surface area contributed by atoms with Crippen molar-refractivity contribution in [1.82, 2.24) is 0 Å². The standard InChI is InChI=1S/C15H18N2O4S2/c1-9(2)22-15-16-11-6-23(18,19)7-12(11)17(15)10-3-4-13-14(5-10)21-8-20-13/h3-5,9,11-12H,6-8H2,1-2H3/t11-,12+/m1/s1. The van der Waals surface area contributed by atoms with E-state index in [0.717, 1.165) is 16.6 Å². The molecule has 1 saturated heterocycles. The summed E-state index contributed by atoms with van der Waals surface area (Å²) in [7, 11) is -3.02. The average Bonchev–Trinajstić information content (AvgIpc) is 3.09. The third-order valence-corrected chi connectivity index (χ3v) is 6.77. The molecule has 0 amide bonds. The van der Waals surface area contributed by atoms with Crippen LogP contribution in [0.4, 0.5) is 5.69 Å². The largest absolute Gasteiger partial charge is 0.454 e. The SMILES string of the molecule is CC(C)SC1=N[C@@H]2CS(=O)(=O)C[C@@H]2N1c1ccc2c(c1)OCO2. The molecule has 1 aromatic carbocycles. The summed E-state index contributed by atoms with van der Waals surface area (Å²) in [4.78, 5) is 6.75. The zero-order valence-electron chi connectivity index (χ0n) is 12.9. The number of thioether (sulfide) groups is 1. The summed E-state index contributed by atoms with van der Waals surface area (Å²) in [6.07, 6.45) is 0.